The number of alkyl halides is 10. The van der Waals surface area contributed by atoms with Gasteiger partial charge in [-0.05, 0) is 50.4 Å². The van der Waals surface area contributed by atoms with Crippen molar-refractivity contribution in [3.63, 3.8) is 0 Å². The summed E-state index contributed by atoms with van der Waals surface area (Å²) < 4.78 is 171. The van der Waals surface area contributed by atoms with Crippen molar-refractivity contribution in [1.82, 2.24) is 19.8 Å². The number of carbonyl (C=O) groups excluding carboxylic acids is 1. The normalized spacial score (nSPS) is 21.5. The number of aromatic nitrogens is 2. The molecular formula is C36H32F11N7O3S. The van der Waals surface area contributed by atoms with Crippen molar-refractivity contribution in [2.24, 2.45) is 0 Å². The molecule has 10 nitrogen and oxygen atoms in total. The molecule has 2 N–H and O–H groups in total. The molecule has 4 aromatic rings. The fourth-order valence-corrected chi connectivity index (χ4v) is 9.38. The predicted octanol–water partition coefficient (Wildman–Crippen LogP) is 8.70. The molecule has 1 amide bonds. The molecule has 3 aliphatic heterocycles. The minimum atomic E-state index is -5.62. The number of carbonyl (C=O) groups is 1. The van der Waals surface area contributed by atoms with Crippen LogP contribution in [0.3, 0.4) is 0 Å². The fourth-order valence-electron chi connectivity index (χ4n) is 8.43. The molecule has 2 aromatic carbocycles. The number of nitriles is 1. The number of halogens is 11. The highest BCUT2D eigenvalue weighted by molar-refractivity contribution is 7.23. The van der Waals surface area contributed by atoms with Gasteiger partial charge < -0.3 is 25.0 Å². The Morgan fingerprint density at radius 3 is 2.50 bits per heavy atom. The van der Waals surface area contributed by atoms with Crippen LogP contribution in [-0.2, 0) is 17.1 Å². The number of hydrogen-bond acceptors (Lipinski definition) is 10. The van der Waals surface area contributed by atoms with Crippen LogP contribution in [0, 0.1) is 17.1 Å². The van der Waals surface area contributed by atoms with Crippen LogP contribution in [0.1, 0.15) is 49.3 Å². The second kappa shape index (κ2) is 14.7. The third-order valence-corrected chi connectivity index (χ3v) is 11.8. The first-order valence-electron chi connectivity index (χ1n) is 17.9. The van der Waals surface area contributed by atoms with Crippen LogP contribution >= 0.6 is 11.3 Å². The Hall–Kier alpha value is -4.91. The molecule has 3 saturated heterocycles. The summed E-state index contributed by atoms with van der Waals surface area (Å²) in [6, 6.07) is 1.80. The summed E-state index contributed by atoms with van der Waals surface area (Å²) in [5.74, 6) is -1.53. The first-order valence-corrected chi connectivity index (χ1v) is 18.7. The number of hydrogen-bond donors (Lipinski definition) is 1. The van der Waals surface area contributed by atoms with E-state index in [1.54, 1.807) is 6.07 Å². The smallest absolute Gasteiger partial charge is 0.422 e. The molecule has 22 heteroatoms. The lowest BCUT2D eigenvalue weighted by Crippen LogP contribution is -2.43. The van der Waals surface area contributed by atoms with Gasteiger partial charge in [0.1, 0.15) is 35.5 Å². The van der Waals surface area contributed by atoms with Crippen LogP contribution in [0.15, 0.2) is 18.2 Å². The zero-order valence-electron chi connectivity index (χ0n) is 30.2. The molecule has 0 bridgehead atoms. The predicted molar refractivity (Wildman–Crippen MR) is 188 cm³/mol. The molecule has 3 fully saturated rings. The van der Waals surface area contributed by atoms with Crippen LogP contribution in [-0.4, -0.2) is 95.7 Å². The molecule has 0 saturated carbocycles. The van der Waals surface area contributed by atoms with E-state index in [0.717, 1.165) is 4.90 Å². The minimum absolute atomic E-state index is 0.00692. The zero-order chi connectivity index (χ0) is 42.1. The van der Waals surface area contributed by atoms with Crippen molar-refractivity contribution in [2.75, 3.05) is 56.6 Å². The number of amides is 1. The van der Waals surface area contributed by atoms with Gasteiger partial charge in [-0.2, -0.15) is 54.7 Å². The quantitative estimate of drug-likeness (QED) is 0.174. The molecule has 2 aromatic heterocycles. The van der Waals surface area contributed by atoms with Crippen LogP contribution in [0.5, 0.6) is 6.01 Å². The lowest BCUT2D eigenvalue weighted by Gasteiger charge is -2.32. The SMILES string of the molecule is CCN(c1nc(OC[C@@]23CCCN2C[C@H](F)C3)nc2c(C(F)(F)F)c(-c3ccc(F)c4sc(N)c(C#N)c34)c(C(F)(F)F)cc12)[C@H]1CCN(C(=O)OCC(F)(F)F)C1. The molecule has 0 aliphatic carbocycles. The summed E-state index contributed by atoms with van der Waals surface area (Å²) in [4.78, 5) is 25.0. The average Bonchev–Trinajstić information content (AvgIpc) is 3.91. The van der Waals surface area contributed by atoms with Crippen LogP contribution in [0.2, 0.25) is 0 Å². The maximum absolute atomic E-state index is 15.7. The molecule has 58 heavy (non-hydrogen) atoms. The van der Waals surface area contributed by atoms with E-state index >= 15 is 30.7 Å². The van der Waals surface area contributed by atoms with Crippen molar-refractivity contribution in [3.05, 3.63) is 40.7 Å². The van der Waals surface area contributed by atoms with Gasteiger partial charge in [0, 0.05) is 55.0 Å². The zero-order valence-corrected chi connectivity index (χ0v) is 31.0. The third kappa shape index (κ3) is 7.46. The summed E-state index contributed by atoms with van der Waals surface area (Å²) in [6.45, 7) is -0.740. The summed E-state index contributed by atoms with van der Waals surface area (Å²) in [7, 11) is 0. The topological polar surface area (TPSA) is 121 Å². The number of fused-ring (bicyclic) bond motifs is 3. The highest BCUT2D eigenvalue weighted by Crippen LogP contribution is 2.52. The van der Waals surface area contributed by atoms with E-state index < -0.39 is 115 Å². The van der Waals surface area contributed by atoms with E-state index in [2.05, 4.69) is 14.7 Å². The van der Waals surface area contributed by atoms with Crippen molar-refractivity contribution in [3.8, 4) is 23.2 Å². The monoisotopic (exact) mass is 851 g/mol. The minimum Gasteiger partial charge on any atom is -0.461 e. The fraction of sp³-hybridized carbons (Fsp3) is 0.500. The van der Waals surface area contributed by atoms with Crippen molar-refractivity contribution in [2.45, 2.75) is 68.9 Å². The molecule has 0 spiro atoms. The molecule has 7 rings (SSSR count). The number of ether oxygens (including phenoxy) is 2. The Kier molecular flexibility index (Phi) is 10.5. The van der Waals surface area contributed by atoms with Crippen molar-refractivity contribution >= 4 is 49.2 Å². The molecule has 312 valence electrons. The van der Waals surface area contributed by atoms with Gasteiger partial charge in [0.2, 0.25) is 0 Å². The van der Waals surface area contributed by atoms with Gasteiger partial charge in [0.05, 0.1) is 32.4 Å². The molecule has 0 radical (unpaired) electrons. The standard InChI is InChI=1S/C36H32F11N7O3S/c1-2-54(18-6-9-52(14-18)32(55)57-16-34(39,40)41)30-20-10-22(35(42,43)44)25(19-4-5-23(38)28-24(19)21(12-48)29(49)58-28)26(36(45,46)47)27(20)50-31(51-30)56-15-33-7-3-8-53(33)13-17(37)11-33/h4-5,10,17-18H,2-3,6-9,11,13-16,49H2,1H3/t17-,18+,33+/m1/s1. The number of likely N-dealkylation sites (tertiary alicyclic amines) is 1. The lowest BCUT2D eigenvalue weighted by atomic mass is 9.88. The summed E-state index contributed by atoms with van der Waals surface area (Å²) in [5.41, 5.74) is -2.61. The first kappa shape index (κ1) is 41.3. The van der Waals surface area contributed by atoms with Gasteiger partial charge in [-0.25, -0.2) is 13.6 Å². The maximum Gasteiger partial charge on any atom is 0.422 e. The third-order valence-electron chi connectivity index (χ3n) is 10.8. The summed E-state index contributed by atoms with van der Waals surface area (Å²) in [6.07, 6.45) is -17.4. The highest BCUT2D eigenvalue weighted by Gasteiger charge is 2.50. The number of rotatable bonds is 8. The van der Waals surface area contributed by atoms with Gasteiger partial charge in [0.25, 0.3) is 0 Å². The first-order chi connectivity index (χ1) is 27.2. The largest absolute Gasteiger partial charge is 0.461 e. The molecule has 0 unspecified atom stereocenters. The Labute approximate surface area is 325 Å². The van der Waals surface area contributed by atoms with Gasteiger partial charge in [-0.3, -0.25) is 4.90 Å². The van der Waals surface area contributed by atoms with E-state index in [0.29, 0.717) is 48.9 Å². The van der Waals surface area contributed by atoms with E-state index in [-0.39, 0.29) is 50.6 Å². The van der Waals surface area contributed by atoms with Gasteiger partial charge >= 0.3 is 30.6 Å². The molecule has 3 aliphatic rings. The van der Waals surface area contributed by atoms with Gasteiger partial charge in [-0.1, -0.05) is 6.07 Å². The summed E-state index contributed by atoms with van der Waals surface area (Å²) >= 11 is 0.469. The van der Waals surface area contributed by atoms with E-state index in [4.69, 9.17) is 10.5 Å². The number of anilines is 2. The second-order valence-corrected chi connectivity index (χ2v) is 15.4. The van der Waals surface area contributed by atoms with Crippen LogP contribution in [0.25, 0.3) is 32.1 Å². The van der Waals surface area contributed by atoms with Crippen LogP contribution in [0.4, 0.5) is 63.9 Å². The number of nitrogens with two attached hydrogens (primary N) is 1. The Bertz CT molecular complexity index is 2310. The van der Waals surface area contributed by atoms with Gasteiger partial charge in [-0.15, -0.1) is 11.3 Å². The average molecular weight is 852 g/mol. The van der Waals surface area contributed by atoms with E-state index in [1.165, 1.54) is 11.8 Å². The van der Waals surface area contributed by atoms with Crippen LogP contribution < -0.4 is 15.4 Å². The number of nitrogens with zero attached hydrogens (tertiary/aromatic N) is 6. The van der Waals surface area contributed by atoms with Crippen molar-refractivity contribution in [1.29, 1.82) is 5.26 Å². The number of benzene rings is 2. The Balaban J connectivity index is 1.46. The van der Waals surface area contributed by atoms with E-state index in [1.807, 2.05) is 4.90 Å². The van der Waals surface area contributed by atoms with Crippen molar-refractivity contribution < 1.29 is 62.6 Å². The maximum atomic E-state index is 15.7. The molecule has 3 atom stereocenters. The number of thiophene rings is 1. The van der Waals surface area contributed by atoms with Gasteiger partial charge in [0.15, 0.2) is 6.61 Å². The lowest BCUT2D eigenvalue weighted by molar-refractivity contribution is -0.162. The Morgan fingerprint density at radius 1 is 1.10 bits per heavy atom. The summed E-state index contributed by atoms with van der Waals surface area (Å²) in [5, 5.41) is 8.19. The highest BCUT2D eigenvalue weighted by atomic mass is 32.1. The number of likely N-dealkylation sites (N-methyl/N-ethyl adjacent to an activating group) is 1. The second-order valence-electron chi connectivity index (χ2n) is 14.4. The molecular weight excluding hydrogens is 819 g/mol. The van der Waals surface area contributed by atoms with E-state index in [9.17, 15) is 27.6 Å². The number of nitrogen functional groups attached to an aromatic ring is 1. The molecule has 5 heterocycles. The Morgan fingerprint density at radius 2 is 1.84 bits per heavy atom.